The van der Waals surface area contributed by atoms with Crippen molar-refractivity contribution in [2.45, 2.75) is 31.4 Å². The minimum Gasteiger partial charge on any atom is -0.457 e. The Morgan fingerprint density at radius 3 is 2.47 bits per heavy atom. The van der Waals surface area contributed by atoms with Gasteiger partial charge >= 0.3 is 5.97 Å². The van der Waals surface area contributed by atoms with Crippen molar-refractivity contribution in [2.24, 2.45) is 0 Å². The number of carbonyl (C=O) groups excluding carboxylic acids is 2. The van der Waals surface area contributed by atoms with Gasteiger partial charge in [-0.1, -0.05) is 23.4 Å². The number of carbonyl (C=O) groups is 2. The van der Waals surface area contributed by atoms with Gasteiger partial charge in [0.1, 0.15) is 5.76 Å². The number of ether oxygens (including phenoxy) is 1. The largest absolute Gasteiger partial charge is 0.457 e. The molecule has 3 heterocycles. The summed E-state index contributed by atoms with van der Waals surface area (Å²) in [6.07, 6.45) is 1.21. The smallest absolute Gasteiger partial charge is 0.374 e. The van der Waals surface area contributed by atoms with Crippen LogP contribution < -0.4 is 0 Å². The number of aromatic nitrogens is 2. The van der Waals surface area contributed by atoms with Gasteiger partial charge in [0.25, 0.3) is 0 Å². The molecule has 0 bridgehead atoms. The molecule has 0 atom stereocenters. The third-order valence-corrected chi connectivity index (χ3v) is 6.97. The number of nitrogens with zero attached hydrogens (tertiary/aromatic N) is 2. The average molecular weight is 483 g/mol. The van der Waals surface area contributed by atoms with Gasteiger partial charge in [-0.3, -0.25) is 9.36 Å². The zero-order valence-corrected chi connectivity index (χ0v) is 19.6. The van der Waals surface area contributed by atoms with Gasteiger partial charge in [-0.2, -0.15) is 0 Å². The molecule has 3 aromatic heterocycles. The molecular weight excluding hydrogens is 460 g/mol. The van der Waals surface area contributed by atoms with Gasteiger partial charge in [-0.05, 0) is 45.0 Å². The van der Waals surface area contributed by atoms with Crippen molar-refractivity contribution >= 4 is 21.6 Å². The summed E-state index contributed by atoms with van der Waals surface area (Å²) in [6.45, 7) is 4.81. The van der Waals surface area contributed by atoms with Crippen LogP contribution in [0.2, 0.25) is 0 Å². The van der Waals surface area contributed by atoms with Crippen LogP contribution in [-0.2, 0) is 20.3 Å². The van der Waals surface area contributed by atoms with E-state index in [-0.39, 0.29) is 16.2 Å². The van der Waals surface area contributed by atoms with Crippen LogP contribution in [0.5, 0.6) is 0 Å². The van der Waals surface area contributed by atoms with Crippen molar-refractivity contribution in [1.82, 2.24) is 9.72 Å². The zero-order valence-electron chi connectivity index (χ0n) is 18.8. The summed E-state index contributed by atoms with van der Waals surface area (Å²) in [6, 6.07) is 12.7. The quantitative estimate of drug-likeness (QED) is 0.273. The number of furan rings is 1. The van der Waals surface area contributed by atoms with Crippen LogP contribution in [-0.4, -0.2) is 36.5 Å². The van der Waals surface area contributed by atoms with E-state index in [1.807, 2.05) is 6.92 Å². The molecule has 0 aliphatic carbocycles. The molecule has 1 aromatic carbocycles. The van der Waals surface area contributed by atoms with Crippen LogP contribution in [0.3, 0.4) is 0 Å². The highest BCUT2D eigenvalue weighted by atomic mass is 32.2. The van der Waals surface area contributed by atoms with E-state index in [0.717, 1.165) is 5.69 Å². The molecule has 0 aliphatic rings. The van der Waals surface area contributed by atoms with Crippen molar-refractivity contribution in [3.05, 3.63) is 88.8 Å². The standard InChI is InChI=1S/C24H22N2O7S/c1-15-11-20(17(3)26(15)22-12-16(2)33-25-22)21(27)13-32-24(28)23-18(9-10-31-23)14-34(29,30)19-7-5-4-6-8-19/h4-12H,13-14H2,1-3H3. The monoisotopic (exact) mass is 482 g/mol. The number of hydrogen-bond acceptors (Lipinski definition) is 8. The molecule has 176 valence electrons. The van der Waals surface area contributed by atoms with Crippen LogP contribution in [0.15, 0.2) is 68.6 Å². The number of sulfone groups is 1. The van der Waals surface area contributed by atoms with Crippen molar-refractivity contribution in [3.8, 4) is 5.82 Å². The molecule has 0 spiro atoms. The minimum atomic E-state index is -3.70. The van der Waals surface area contributed by atoms with Gasteiger partial charge in [0.15, 0.2) is 22.3 Å². The van der Waals surface area contributed by atoms with Gasteiger partial charge in [-0.25, -0.2) is 13.2 Å². The summed E-state index contributed by atoms with van der Waals surface area (Å²) in [5, 5.41) is 3.98. The lowest BCUT2D eigenvalue weighted by Gasteiger charge is -2.07. The average Bonchev–Trinajstić information content (AvgIpc) is 3.51. The third kappa shape index (κ3) is 4.58. The molecular formula is C24H22N2O7S. The van der Waals surface area contributed by atoms with Gasteiger partial charge in [0.2, 0.25) is 11.5 Å². The Bertz CT molecular complexity index is 1460. The van der Waals surface area contributed by atoms with Crippen molar-refractivity contribution in [1.29, 1.82) is 0 Å². The Hall–Kier alpha value is -3.92. The van der Waals surface area contributed by atoms with Crippen molar-refractivity contribution in [2.75, 3.05) is 6.61 Å². The highest BCUT2D eigenvalue weighted by Gasteiger charge is 2.25. The molecule has 4 aromatic rings. The molecule has 0 fully saturated rings. The summed E-state index contributed by atoms with van der Waals surface area (Å²) in [5.41, 5.74) is 1.91. The second-order valence-electron chi connectivity index (χ2n) is 7.76. The SMILES string of the molecule is Cc1cc(-n2c(C)cc(C(=O)COC(=O)c3occc3CS(=O)(=O)c3ccccc3)c2C)no1. The fraction of sp³-hybridized carbons (Fsp3) is 0.208. The number of ketones is 1. The van der Waals surface area contributed by atoms with Gasteiger partial charge in [0, 0.05) is 28.6 Å². The first-order chi connectivity index (χ1) is 16.2. The zero-order chi connectivity index (χ0) is 24.5. The van der Waals surface area contributed by atoms with Crippen LogP contribution in [0, 0.1) is 20.8 Å². The van der Waals surface area contributed by atoms with E-state index in [9.17, 15) is 18.0 Å². The van der Waals surface area contributed by atoms with E-state index in [1.54, 1.807) is 48.7 Å². The van der Waals surface area contributed by atoms with Gasteiger partial charge < -0.3 is 13.7 Å². The number of aryl methyl sites for hydroxylation is 2. The van der Waals surface area contributed by atoms with E-state index in [0.29, 0.717) is 22.8 Å². The molecule has 0 radical (unpaired) electrons. The first kappa shape index (κ1) is 23.2. The van der Waals surface area contributed by atoms with Crippen LogP contribution in [0.1, 0.15) is 43.6 Å². The fourth-order valence-electron chi connectivity index (χ4n) is 3.67. The lowest BCUT2D eigenvalue weighted by molar-refractivity contribution is 0.0442. The number of hydrogen-bond donors (Lipinski definition) is 0. The number of esters is 1. The summed E-state index contributed by atoms with van der Waals surface area (Å²) in [5.74, 6) is -0.855. The maximum absolute atomic E-state index is 12.8. The number of Topliss-reactive ketones (excluding diaryl/α,β-unsaturated/α-hetero) is 1. The van der Waals surface area contributed by atoms with E-state index in [2.05, 4.69) is 5.16 Å². The predicted octanol–water partition coefficient (Wildman–Crippen LogP) is 4.00. The summed E-state index contributed by atoms with van der Waals surface area (Å²) in [4.78, 5) is 25.5. The van der Waals surface area contributed by atoms with Crippen molar-refractivity contribution < 1.29 is 31.7 Å². The Balaban J connectivity index is 1.47. The Kier molecular flexibility index (Phi) is 6.25. The number of rotatable bonds is 8. The molecule has 4 rings (SSSR count). The second-order valence-corrected chi connectivity index (χ2v) is 9.75. The number of benzene rings is 1. The van der Waals surface area contributed by atoms with Gasteiger partial charge in [-0.15, -0.1) is 0 Å². The first-order valence-corrected chi connectivity index (χ1v) is 12.0. The van der Waals surface area contributed by atoms with E-state index in [4.69, 9.17) is 13.7 Å². The third-order valence-electron chi connectivity index (χ3n) is 5.29. The van der Waals surface area contributed by atoms with E-state index < -0.39 is 33.9 Å². The molecule has 9 nitrogen and oxygen atoms in total. The molecule has 10 heteroatoms. The van der Waals surface area contributed by atoms with Gasteiger partial charge in [0.05, 0.1) is 16.9 Å². The van der Waals surface area contributed by atoms with Crippen LogP contribution >= 0.6 is 0 Å². The second kappa shape index (κ2) is 9.14. The lowest BCUT2D eigenvalue weighted by Crippen LogP contribution is -2.16. The van der Waals surface area contributed by atoms with Crippen LogP contribution in [0.4, 0.5) is 0 Å². The Morgan fingerprint density at radius 2 is 1.79 bits per heavy atom. The lowest BCUT2D eigenvalue weighted by atomic mass is 10.1. The topological polar surface area (TPSA) is 122 Å². The summed E-state index contributed by atoms with van der Waals surface area (Å²) >= 11 is 0. The highest BCUT2D eigenvalue weighted by Crippen LogP contribution is 2.23. The fourth-order valence-corrected chi connectivity index (χ4v) is 5.05. The molecule has 0 saturated carbocycles. The Labute approximate surface area is 195 Å². The van der Waals surface area contributed by atoms with E-state index in [1.165, 1.54) is 24.5 Å². The maximum Gasteiger partial charge on any atom is 0.374 e. The highest BCUT2D eigenvalue weighted by molar-refractivity contribution is 7.90. The molecule has 0 aliphatic heterocycles. The predicted molar refractivity (Wildman–Crippen MR) is 121 cm³/mol. The summed E-state index contributed by atoms with van der Waals surface area (Å²) in [7, 11) is -3.70. The molecule has 0 N–H and O–H groups in total. The molecule has 0 saturated heterocycles. The van der Waals surface area contributed by atoms with Crippen LogP contribution in [0.25, 0.3) is 5.82 Å². The van der Waals surface area contributed by atoms with Crippen molar-refractivity contribution in [3.63, 3.8) is 0 Å². The maximum atomic E-state index is 12.8. The minimum absolute atomic E-state index is 0.128. The van der Waals surface area contributed by atoms with E-state index >= 15 is 0 Å². The molecule has 0 unspecified atom stereocenters. The molecule has 34 heavy (non-hydrogen) atoms. The normalized spacial score (nSPS) is 11.5. The first-order valence-electron chi connectivity index (χ1n) is 10.3. The molecule has 0 amide bonds. The Morgan fingerprint density at radius 1 is 1.06 bits per heavy atom. The summed E-state index contributed by atoms with van der Waals surface area (Å²) < 4.78 is 42.5.